The number of ketones is 1. The Balaban J connectivity index is 1.76. The van der Waals surface area contributed by atoms with Gasteiger partial charge < -0.3 is 24.1 Å². The summed E-state index contributed by atoms with van der Waals surface area (Å²) in [7, 11) is 1.53. The van der Waals surface area contributed by atoms with Crippen molar-refractivity contribution in [1.82, 2.24) is 9.80 Å². The molecule has 0 saturated carbocycles. The number of aryl methyl sites for hydroxylation is 1. The number of aliphatic hydroxyl groups is 1. The van der Waals surface area contributed by atoms with E-state index in [0.29, 0.717) is 29.8 Å². The van der Waals surface area contributed by atoms with Crippen LogP contribution in [0.4, 0.5) is 0 Å². The van der Waals surface area contributed by atoms with Gasteiger partial charge in [0.2, 0.25) is 5.78 Å². The van der Waals surface area contributed by atoms with Gasteiger partial charge in [-0.05, 0) is 49.2 Å². The molecule has 1 unspecified atom stereocenters. The number of nitrogens with zero attached hydrogens (tertiary/aromatic N) is 2. The highest BCUT2D eigenvalue weighted by molar-refractivity contribution is 7.10. The Morgan fingerprint density at radius 2 is 2.03 bits per heavy atom. The topological polar surface area (TPSA) is 83.2 Å². The van der Waals surface area contributed by atoms with Gasteiger partial charge in [0, 0.05) is 23.4 Å². The number of furan rings is 1. The van der Waals surface area contributed by atoms with Gasteiger partial charge in [-0.2, -0.15) is 0 Å². The van der Waals surface area contributed by atoms with Crippen LogP contribution < -0.4 is 4.74 Å². The molecule has 1 aliphatic rings. The highest BCUT2D eigenvalue weighted by atomic mass is 32.1. The lowest BCUT2D eigenvalue weighted by molar-refractivity contribution is -0.129. The van der Waals surface area contributed by atoms with E-state index in [1.165, 1.54) is 18.4 Å². The van der Waals surface area contributed by atoms with E-state index in [0.717, 1.165) is 23.5 Å². The van der Waals surface area contributed by atoms with Crippen molar-refractivity contribution >= 4 is 34.0 Å². The van der Waals surface area contributed by atoms with Crippen LogP contribution in [-0.2, 0) is 4.79 Å². The molecule has 1 aliphatic heterocycles. The van der Waals surface area contributed by atoms with Crippen molar-refractivity contribution in [2.24, 2.45) is 0 Å². The summed E-state index contributed by atoms with van der Waals surface area (Å²) in [6, 6.07) is 8.31. The molecule has 0 aliphatic carbocycles. The molecule has 2 aromatic heterocycles. The summed E-state index contributed by atoms with van der Waals surface area (Å²) < 4.78 is 11.2. The van der Waals surface area contributed by atoms with Crippen molar-refractivity contribution in [3.05, 3.63) is 63.2 Å². The Kier molecular flexibility index (Phi) is 6.58. The van der Waals surface area contributed by atoms with Crippen molar-refractivity contribution in [3.63, 3.8) is 0 Å². The summed E-state index contributed by atoms with van der Waals surface area (Å²) in [5, 5.41) is 13.5. The molecule has 8 heteroatoms. The number of ether oxygens (including phenoxy) is 1. The number of para-hydroxylation sites is 1. The average Bonchev–Trinajstić information content (AvgIpc) is 3.51. The van der Waals surface area contributed by atoms with Gasteiger partial charge in [-0.3, -0.25) is 9.59 Å². The lowest BCUT2D eigenvalue weighted by Gasteiger charge is -2.28. The van der Waals surface area contributed by atoms with Gasteiger partial charge in [0.25, 0.3) is 5.91 Å². The van der Waals surface area contributed by atoms with Crippen molar-refractivity contribution in [1.29, 1.82) is 0 Å². The zero-order valence-corrected chi connectivity index (χ0v) is 20.1. The van der Waals surface area contributed by atoms with Gasteiger partial charge in [0.15, 0.2) is 22.9 Å². The summed E-state index contributed by atoms with van der Waals surface area (Å²) in [6.45, 7) is 8.84. The number of amides is 1. The lowest BCUT2D eigenvalue weighted by Crippen LogP contribution is -2.38. The van der Waals surface area contributed by atoms with Crippen molar-refractivity contribution < 1.29 is 23.8 Å². The third kappa shape index (κ3) is 4.05. The van der Waals surface area contributed by atoms with Crippen LogP contribution in [0.5, 0.6) is 5.75 Å². The Morgan fingerprint density at radius 1 is 1.27 bits per heavy atom. The predicted molar refractivity (Wildman–Crippen MR) is 128 cm³/mol. The summed E-state index contributed by atoms with van der Waals surface area (Å²) >= 11 is 1.47. The summed E-state index contributed by atoms with van der Waals surface area (Å²) in [5.41, 5.74) is 1.48. The first-order chi connectivity index (χ1) is 15.9. The van der Waals surface area contributed by atoms with E-state index in [2.05, 4.69) is 18.7 Å². The highest BCUT2D eigenvalue weighted by Gasteiger charge is 2.45. The minimum atomic E-state index is -0.657. The van der Waals surface area contributed by atoms with Gasteiger partial charge in [0.05, 0.1) is 12.7 Å². The Hall–Kier alpha value is -3.10. The maximum atomic E-state index is 13.6. The maximum Gasteiger partial charge on any atom is 0.290 e. The third-order valence-electron chi connectivity index (χ3n) is 6.20. The molecule has 0 bridgehead atoms. The zero-order valence-electron chi connectivity index (χ0n) is 19.3. The van der Waals surface area contributed by atoms with Crippen molar-refractivity contribution in [2.75, 3.05) is 33.3 Å². The van der Waals surface area contributed by atoms with E-state index in [-0.39, 0.29) is 11.3 Å². The van der Waals surface area contributed by atoms with Crippen molar-refractivity contribution in [2.45, 2.75) is 26.8 Å². The molecule has 1 atom stereocenters. The number of thiophene rings is 1. The first kappa shape index (κ1) is 23.1. The second-order valence-electron chi connectivity index (χ2n) is 7.98. The van der Waals surface area contributed by atoms with E-state index in [1.807, 2.05) is 30.5 Å². The fourth-order valence-corrected chi connectivity index (χ4v) is 5.33. The molecule has 3 aromatic rings. The first-order valence-corrected chi connectivity index (χ1v) is 11.9. The molecule has 1 aromatic carbocycles. The quantitative estimate of drug-likeness (QED) is 0.457. The summed E-state index contributed by atoms with van der Waals surface area (Å²) in [6.07, 6.45) is 0. The minimum Gasteiger partial charge on any atom is -0.503 e. The number of hydrogen-bond acceptors (Lipinski definition) is 7. The molecule has 0 fully saturated rings. The maximum absolute atomic E-state index is 13.6. The normalized spacial score (nSPS) is 16.5. The van der Waals surface area contributed by atoms with Crippen LogP contribution >= 0.6 is 11.3 Å². The van der Waals surface area contributed by atoms with E-state index < -0.39 is 23.5 Å². The van der Waals surface area contributed by atoms with Crippen LogP contribution in [0.2, 0.25) is 0 Å². The molecule has 3 heterocycles. The van der Waals surface area contributed by atoms with Gasteiger partial charge in [0.1, 0.15) is 6.04 Å². The first-order valence-electron chi connectivity index (χ1n) is 11.0. The molecule has 0 radical (unpaired) electrons. The van der Waals surface area contributed by atoms with Crippen LogP contribution in [0.3, 0.4) is 0 Å². The Labute approximate surface area is 196 Å². The monoisotopic (exact) mass is 468 g/mol. The number of carbonyl (C=O) groups is 2. The largest absolute Gasteiger partial charge is 0.503 e. The number of carbonyl (C=O) groups excluding carboxylic acids is 2. The lowest BCUT2D eigenvalue weighted by atomic mass is 9.98. The van der Waals surface area contributed by atoms with E-state index in [4.69, 9.17) is 9.15 Å². The van der Waals surface area contributed by atoms with E-state index in [9.17, 15) is 14.7 Å². The number of hydrogen-bond donors (Lipinski definition) is 1. The third-order valence-corrected chi connectivity index (χ3v) is 7.27. The predicted octanol–water partition coefficient (Wildman–Crippen LogP) is 4.73. The summed E-state index contributed by atoms with van der Waals surface area (Å²) in [4.78, 5) is 31.4. The number of aliphatic hydroxyl groups excluding tert-OH is 1. The van der Waals surface area contributed by atoms with E-state index in [1.54, 1.807) is 17.0 Å². The molecule has 0 spiro atoms. The number of fused-ring (bicyclic) bond motifs is 1. The van der Waals surface area contributed by atoms with Gasteiger partial charge in [-0.25, -0.2) is 0 Å². The van der Waals surface area contributed by atoms with Crippen LogP contribution in [0.25, 0.3) is 11.0 Å². The Bertz CT molecular complexity index is 1220. The molecular weight excluding hydrogens is 440 g/mol. The fraction of sp³-hybridized carbons (Fsp3) is 0.360. The van der Waals surface area contributed by atoms with Gasteiger partial charge in [-0.1, -0.05) is 26.0 Å². The van der Waals surface area contributed by atoms with Crippen LogP contribution in [0.1, 0.15) is 40.9 Å². The second kappa shape index (κ2) is 9.41. The molecule has 0 saturated heterocycles. The number of rotatable bonds is 9. The molecule has 33 heavy (non-hydrogen) atoms. The van der Waals surface area contributed by atoms with Crippen LogP contribution in [-0.4, -0.2) is 59.9 Å². The fourth-order valence-electron chi connectivity index (χ4n) is 4.28. The molecule has 1 N–H and O–H groups in total. The van der Waals surface area contributed by atoms with Gasteiger partial charge >= 0.3 is 0 Å². The molecular formula is C25H28N2O5S. The Morgan fingerprint density at radius 3 is 2.67 bits per heavy atom. The highest BCUT2D eigenvalue weighted by Crippen LogP contribution is 2.43. The van der Waals surface area contributed by atoms with E-state index >= 15 is 0 Å². The SMILES string of the molecule is CCN(CC)CCN1C(=O)C(O)=C(C(=O)c2cc3cccc(OC)c3o2)C1c1sccc1C. The van der Waals surface area contributed by atoms with Crippen LogP contribution in [0.15, 0.2) is 51.5 Å². The number of Topliss-reactive ketones (excluding diaryl/α,β-unsaturated/α-hetero) is 1. The summed E-state index contributed by atoms with van der Waals surface area (Å²) in [5.74, 6) is -0.962. The number of methoxy groups -OCH3 is 1. The standard InChI is InChI=1S/C25H28N2O5S/c1-5-26(6-2)11-12-27-20(24-15(3)10-13-33-24)19(22(29)25(27)30)21(28)18-14-16-8-7-9-17(31-4)23(16)32-18/h7-10,13-14,20,29H,5-6,11-12H2,1-4H3. The van der Waals surface area contributed by atoms with Crippen LogP contribution in [0, 0.1) is 6.92 Å². The smallest absolute Gasteiger partial charge is 0.290 e. The number of likely N-dealkylation sites (N-methyl/N-ethyl adjacent to an activating group) is 1. The zero-order chi connectivity index (χ0) is 23.7. The molecule has 1 amide bonds. The molecule has 4 rings (SSSR count). The molecule has 174 valence electrons. The minimum absolute atomic E-state index is 0.0584. The molecule has 7 nitrogen and oxygen atoms in total. The second-order valence-corrected chi connectivity index (χ2v) is 8.92. The average molecular weight is 469 g/mol. The number of benzene rings is 1. The van der Waals surface area contributed by atoms with Gasteiger partial charge in [-0.15, -0.1) is 11.3 Å². The van der Waals surface area contributed by atoms with Crippen molar-refractivity contribution in [3.8, 4) is 5.75 Å².